The number of unbranched alkanes of at least 4 members (excludes halogenated alkanes) is 1. The van der Waals surface area contributed by atoms with Crippen molar-refractivity contribution in [1.82, 2.24) is 0 Å². The number of halogens is 5. The van der Waals surface area contributed by atoms with E-state index < -0.39 is 26.5 Å². The van der Waals surface area contributed by atoms with Gasteiger partial charge in [0.15, 0.2) is 0 Å². The van der Waals surface area contributed by atoms with Crippen molar-refractivity contribution in [2.45, 2.75) is 38.5 Å². The first-order valence-corrected chi connectivity index (χ1v) is 6.45. The lowest BCUT2D eigenvalue weighted by atomic mass is 10.4. The van der Waals surface area contributed by atoms with E-state index in [2.05, 4.69) is 13.6 Å². The van der Waals surface area contributed by atoms with Gasteiger partial charge in [-0.2, -0.15) is 22.0 Å². The summed E-state index contributed by atoms with van der Waals surface area (Å²) in [5.74, 6) is 0. The second-order valence-corrected chi connectivity index (χ2v) is 5.04. The second kappa shape index (κ2) is 6.79. The minimum absolute atomic E-state index is 0.219. The molecule has 0 spiro atoms. The fourth-order valence-electron chi connectivity index (χ4n) is 0.866. The van der Waals surface area contributed by atoms with Crippen molar-refractivity contribution in [1.29, 1.82) is 0 Å². The Balaban J connectivity index is 4.54. The van der Waals surface area contributed by atoms with E-state index >= 15 is 0 Å². The summed E-state index contributed by atoms with van der Waals surface area (Å²) in [7, 11) is -3.94. The molecule has 18 heavy (non-hydrogen) atoms. The number of phosphoric ester groups is 1. The molecule has 0 aliphatic carbocycles. The van der Waals surface area contributed by atoms with Crippen molar-refractivity contribution in [3.8, 4) is 0 Å². The second-order valence-electron chi connectivity index (χ2n) is 3.34. The van der Waals surface area contributed by atoms with Crippen LogP contribution in [0.3, 0.4) is 0 Å². The third kappa shape index (κ3) is 7.97. The molecule has 0 aliphatic rings. The Bertz CT molecular complexity index is 294. The molecule has 0 heterocycles. The molecular formula is C8H14F5O4P. The zero-order chi connectivity index (χ0) is 14.4. The van der Waals surface area contributed by atoms with Crippen LogP contribution in [0.4, 0.5) is 22.0 Å². The summed E-state index contributed by atoms with van der Waals surface area (Å²) in [5, 5.41) is 0. The van der Waals surface area contributed by atoms with E-state index in [1.165, 1.54) is 0 Å². The number of hydrogen-bond donors (Lipinski definition) is 0. The maximum absolute atomic E-state index is 12.8. The van der Waals surface area contributed by atoms with Crippen LogP contribution in [0, 0.1) is 0 Å². The first-order valence-electron chi connectivity index (χ1n) is 4.99. The smallest absolute Gasteiger partial charge is 0.290 e. The summed E-state index contributed by atoms with van der Waals surface area (Å²) in [6.45, 7) is 1.53. The lowest BCUT2D eigenvalue weighted by Gasteiger charge is -2.22. The molecule has 0 aromatic heterocycles. The van der Waals surface area contributed by atoms with Gasteiger partial charge in [0.1, 0.15) is 6.42 Å². The molecule has 0 aromatic carbocycles. The number of alkyl halides is 5. The monoisotopic (exact) mass is 300 g/mol. The highest BCUT2D eigenvalue weighted by Gasteiger charge is 2.50. The van der Waals surface area contributed by atoms with Gasteiger partial charge in [-0.25, -0.2) is 9.09 Å². The van der Waals surface area contributed by atoms with Gasteiger partial charge in [-0.05, 0) is 6.42 Å². The maximum Gasteiger partial charge on any atom is 0.479 e. The van der Waals surface area contributed by atoms with Gasteiger partial charge in [-0.1, -0.05) is 13.3 Å². The molecule has 0 radical (unpaired) electrons. The average Bonchev–Trinajstić information content (AvgIpc) is 2.13. The van der Waals surface area contributed by atoms with Crippen molar-refractivity contribution < 1.29 is 40.1 Å². The molecule has 0 amide bonds. The van der Waals surface area contributed by atoms with Gasteiger partial charge in [-0.15, -0.1) is 0 Å². The predicted molar refractivity (Wildman–Crippen MR) is 52.2 cm³/mol. The lowest BCUT2D eigenvalue weighted by molar-refractivity contribution is -0.261. The average molecular weight is 300 g/mol. The van der Waals surface area contributed by atoms with Crippen LogP contribution in [0.2, 0.25) is 0 Å². The summed E-state index contributed by atoms with van der Waals surface area (Å²) in [6.07, 6.45) is -11.4. The van der Waals surface area contributed by atoms with Crippen molar-refractivity contribution in [2.75, 3.05) is 13.7 Å². The predicted octanol–water partition coefficient (Wildman–Crippen LogP) is 4.12. The Hall–Kier alpha value is -0.240. The van der Waals surface area contributed by atoms with E-state index in [4.69, 9.17) is 0 Å². The largest absolute Gasteiger partial charge is 0.479 e. The molecule has 0 saturated carbocycles. The first kappa shape index (κ1) is 17.8. The highest BCUT2D eigenvalue weighted by atomic mass is 31.2. The normalized spacial score (nSPS) is 16.6. The van der Waals surface area contributed by atoms with Crippen molar-refractivity contribution in [3.05, 3.63) is 0 Å². The molecule has 0 aromatic rings. The fourth-order valence-corrected chi connectivity index (χ4v) is 1.84. The van der Waals surface area contributed by atoms with Gasteiger partial charge in [0, 0.05) is 7.11 Å². The Morgan fingerprint density at radius 2 is 1.72 bits per heavy atom. The molecule has 0 bridgehead atoms. The molecule has 0 N–H and O–H groups in total. The van der Waals surface area contributed by atoms with E-state index in [1.54, 1.807) is 6.92 Å². The van der Waals surface area contributed by atoms with Gasteiger partial charge >= 0.3 is 20.1 Å². The summed E-state index contributed by atoms with van der Waals surface area (Å²) >= 11 is 0. The molecule has 0 saturated heterocycles. The molecule has 1 unspecified atom stereocenters. The molecule has 1 atom stereocenters. The molecule has 110 valence electrons. The van der Waals surface area contributed by atoms with Crippen molar-refractivity contribution >= 4 is 7.82 Å². The van der Waals surface area contributed by atoms with Gasteiger partial charge in [0.05, 0.1) is 6.61 Å². The van der Waals surface area contributed by atoms with Gasteiger partial charge in [0.25, 0.3) is 0 Å². The lowest BCUT2D eigenvalue weighted by Crippen LogP contribution is -2.28. The number of hydrogen-bond acceptors (Lipinski definition) is 4. The van der Waals surface area contributed by atoms with Gasteiger partial charge < -0.3 is 0 Å². The van der Waals surface area contributed by atoms with E-state index in [1.807, 2.05) is 0 Å². The SMILES string of the molecule is CCCCOP(=O)(OC)OC(F)(F)CC(F)(F)F. The topological polar surface area (TPSA) is 44.8 Å². The zero-order valence-electron chi connectivity index (χ0n) is 9.80. The van der Waals surface area contributed by atoms with E-state index in [9.17, 15) is 26.5 Å². The van der Waals surface area contributed by atoms with Crippen LogP contribution in [0.25, 0.3) is 0 Å². The molecular weight excluding hydrogens is 286 g/mol. The van der Waals surface area contributed by atoms with Gasteiger partial charge in [0.2, 0.25) is 0 Å². The Morgan fingerprint density at radius 3 is 2.11 bits per heavy atom. The minimum atomic E-state index is -5.16. The minimum Gasteiger partial charge on any atom is -0.290 e. The molecule has 0 fully saturated rings. The number of rotatable bonds is 8. The van der Waals surface area contributed by atoms with Gasteiger partial charge in [-0.3, -0.25) is 9.05 Å². The van der Waals surface area contributed by atoms with E-state index in [-0.39, 0.29) is 6.61 Å². The fraction of sp³-hybridized carbons (Fsp3) is 1.00. The van der Waals surface area contributed by atoms with Crippen LogP contribution in [0.5, 0.6) is 0 Å². The summed E-state index contributed by atoms with van der Waals surface area (Å²) in [6, 6.07) is 0. The standard InChI is InChI=1S/C8H14F5O4P/c1-3-4-5-16-18(14,15-2)17-8(12,13)6-7(9,10)11/h3-6H2,1-2H3. The molecule has 0 rings (SSSR count). The third-order valence-corrected chi connectivity index (χ3v) is 3.06. The molecule has 4 nitrogen and oxygen atoms in total. The highest BCUT2D eigenvalue weighted by Crippen LogP contribution is 2.54. The quantitative estimate of drug-likeness (QED) is 0.384. The van der Waals surface area contributed by atoms with Crippen LogP contribution in [0.15, 0.2) is 0 Å². The third-order valence-electron chi connectivity index (χ3n) is 1.62. The van der Waals surface area contributed by atoms with Crippen LogP contribution >= 0.6 is 7.82 Å². The first-order chi connectivity index (χ1) is 8.04. The summed E-state index contributed by atoms with van der Waals surface area (Å²) < 4.78 is 84.6. The zero-order valence-corrected chi connectivity index (χ0v) is 10.7. The van der Waals surface area contributed by atoms with Crippen LogP contribution in [-0.4, -0.2) is 26.0 Å². The molecule has 10 heteroatoms. The highest BCUT2D eigenvalue weighted by molar-refractivity contribution is 7.48. The number of phosphoric acid groups is 1. The van der Waals surface area contributed by atoms with Crippen molar-refractivity contribution in [3.63, 3.8) is 0 Å². The Morgan fingerprint density at radius 1 is 1.17 bits per heavy atom. The van der Waals surface area contributed by atoms with Crippen molar-refractivity contribution in [2.24, 2.45) is 0 Å². The van der Waals surface area contributed by atoms with E-state index in [0.29, 0.717) is 12.8 Å². The van der Waals surface area contributed by atoms with Crippen LogP contribution in [0.1, 0.15) is 26.2 Å². The molecule has 0 aliphatic heterocycles. The Labute approximate surface area is 101 Å². The van der Waals surface area contributed by atoms with Crippen LogP contribution in [-0.2, 0) is 18.1 Å². The Kier molecular flexibility index (Phi) is 6.70. The maximum atomic E-state index is 12.8. The summed E-state index contributed by atoms with van der Waals surface area (Å²) in [4.78, 5) is 0. The summed E-state index contributed by atoms with van der Waals surface area (Å²) in [5.41, 5.74) is 0. The van der Waals surface area contributed by atoms with E-state index in [0.717, 1.165) is 7.11 Å². The van der Waals surface area contributed by atoms with Crippen LogP contribution < -0.4 is 0 Å².